The van der Waals surface area contributed by atoms with Crippen LogP contribution in [0.2, 0.25) is 0 Å². The number of hydrogen-bond donors (Lipinski definition) is 1. The molecule has 1 rings (SSSR count). The minimum atomic E-state index is 0.521. The largest absolute Gasteiger partial charge is 0.327 e. The predicted molar refractivity (Wildman–Crippen MR) is 57.8 cm³/mol. The fourth-order valence-electron chi connectivity index (χ4n) is 1.14. The first-order chi connectivity index (χ1) is 6.33. The van der Waals surface area contributed by atoms with Crippen LogP contribution in [0.4, 0.5) is 0 Å². The van der Waals surface area contributed by atoms with E-state index in [0.717, 1.165) is 17.9 Å². The first-order valence-electron chi connectivity index (χ1n) is 4.41. The summed E-state index contributed by atoms with van der Waals surface area (Å²) in [6.45, 7) is 0.521. The van der Waals surface area contributed by atoms with Crippen molar-refractivity contribution in [2.75, 3.05) is 6.54 Å². The van der Waals surface area contributed by atoms with Crippen molar-refractivity contribution in [2.24, 2.45) is 5.73 Å². The van der Waals surface area contributed by atoms with E-state index in [4.69, 9.17) is 17.3 Å². The Morgan fingerprint density at radius 2 is 2.00 bits per heavy atom. The summed E-state index contributed by atoms with van der Waals surface area (Å²) in [6, 6.07) is 10.3. The topological polar surface area (TPSA) is 26.0 Å². The summed E-state index contributed by atoms with van der Waals surface area (Å²) in [5, 5.41) is 0.853. The first-order valence-corrected chi connectivity index (χ1v) is 4.79. The van der Waals surface area contributed by atoms with Crippen LogP contribution in [0.15, 0.2) is 41.4 Å². The van der Waals surface area contributed by atoms with Crippen molar-refractivity contribution in [1.29, 1.82) is 0 Å². The van der Waals surface area contributed by atoms with Crippen LogP contribution in [0.25, 0.3) is 0 Å². The Labute approximate surface area is 84.2 Å². The van der Waals surface area contributed by atoms with Gasteiger partial charge in [0.1, 0.15) is 0 Å². The number of aryl methyl sites for hydroxylation is 1. The van der Waals surface area contributed by atoms with E-state index >= 15 is 0 Å². The van der Waals surface area contributed by atoms with E-state index in [1.54, 1.807) is 0 Å². The lowest BCUT2D eigenvalue weighted by Crippen LogP contribution is -1.94. The number of allylic oxidation sites excluding steroid dienone is 1. The van der Waals surface area contributed by atoms with Gasteiger partial charge in [-0.25, -0.2) is 0 Å². The molecule has 0 saturated heterocycles. The summed E-state index contributed by atoms with van der Waals surface area (Å²) in [6.07, 6.45) is 3.71. The highest BCUT2D eigenvalue weighted by atomic mass is 35.5. The molecule has 70 valence electrons. The second-order valence-corrected chi connectivity index (χ2v) is 3.36. The molecule has 1 aromatic carbocycles. The summed E-state index contributed by atoms with van der Waals surface area (Å²) in [4.78, 5) is 0. The second-order valence-electron chi connectivity index (χ2n) is 2.87. The third kappa shape index (κ3) is 4.11. The van der Waals surface area contributed by atoms with Crippen LogP contribution < -0.4 is 5.73 Å². The molecule has 0 bridgehead atoms. The molecule has 0 radical (unpaired) electrons. The van der Waals surface area contributed by atoms with Gasteiger partial charge in [-0.15, -0.1) is 0 Å². The molecule has 0 aliphatic heterocycles. The molecule has 0 aliphatic rings. The zero-order chi connectivity index (χ0) is 9.52. The monoisotopic (exact) mass is 195 g/mol. The first kappa shape index (κ1) is 10.3. The Morgan fingerprint density at radius 1 is 1.31 bits per heavy atom. The standard InChI is InChI=1S/C11H14ClN/c12-11(8-9-13)7-6-10-4-2-1-3-5-10/h1-5,8H,6-7,9,13H2. The van der Waals surface area contributed by atoms with Crippen molar-refractivity contribution in [1.82, 2.24) is 0 Å². The van der Waals surface area contributed by atoms with Crippen LogP contribution in [0.1, 0.15) is 12.0 Å². The summed E-state index contributed by atoms with van der Waals surface area (Å²) in [7, 11) is 0. The Bertz CT molecular complexity index is 267. The van der Waals surface area contributed by atoms with Crippen molar-refractivity contribution in [2.45, 2.75) is 12.8 Å². The third-order valence-corrected chi connectivity index (χ3v) is 2.18. The molecule has 0 aliphatic carbocycles. The number of rotatable bonds is 4. The third-order valence-electron chi connectivity index (χ3n) is 1.83. The molecule has 0 amide bonds. The van der Waals surface area contributed by atoms with Crippen LogP contribution in [-0.4, -0.2) is 6.54 Å². The summed E-state index contributed by atoms with van der Waals surface area (Å²) < 4.78 is 0. The molecule has 1 nitrogen and oxygen atoms in total. The van der Waals surface area contributed by atoms with E-state index in [0.29, 0.717) is 6.54 Å². The van der Waals surface area contributed by atoms with Crippen molar-refractivity contribution < 1.29 is 0 Å². The quantitative estimate of drug-likeness (QED) is 0.786. The summed E-state index contributed by atoms with van der Waals surface area (Å²) in [5.74, 6) is 0. The Morgan fingerprint density at radius 3 is 2.62 bits per heavy atom. The van der Waals surface area contributed by atoms with Crippen molar-refractivity contribution in [3.8, 4) is 0 Å². The van der Waals surface area contributed by atoms with Gasteiger partial charge in [-0.3, -0.25) is 0 Å². The van der Waals surface area contributed by atoms with Crippen LogP contribution in [0.5, 0.6) is 0 Å². The smallest absolute Gasteiger partial charge is 0.0157 e. The van der Waals surface area contributed by atoms with Crippen LogP contribution in [0.3, 0.4) is 0 Å². The van der Waals surface area contributed by atoms with E-state index in [9.17, 15) is 0 Å². The minimum absolute atomic E-state index is 0.521. The SMILES string of the molecule is NCC=C(Cl)CCc1ccccc1. The Balaban J connectivity index is 2.39. The van der Waals surface area contributed by atoms with Gasteiger partial charge in [-0.2, -0.15) is 0 Å². The fourth-order valence-corrected chi connectivity index (χ4v) is 1.32. The van der Waals surface area contributed by atoms with Gasteiger partial charge in [-0.05, 0) is 18.4 Å². The minimum Gasteiger partial charge on any atom is -0.327 e. The lowest BCUT2D eigenvalue weighted by Gasteiger charge is -1.99. The van der Waals surface area contributed by atoms with Gasteiger partial charge in [0, 0.05) is 11.6 Å². The van der Waals surface area contributed by atoms with Gasteiger partial charge in [-0.1, -0.05) is 48.0 Å². The van der Waals surface area contributed by atoms with Crippen molar-refractivity contribution >= 4 is 11.6 Å². The number of hydrogen-bond acceptors (Lipinski definition) is 1. The van der Waals surface area contributed by atoms with Gasteiger partial charge in [0.2, 0.25) is 0 Å². The van der Waals surface area contributed by atoms with E-state index < -0.39 is 0 Å². The maximum Gasteiger partial charge on any atom is 0.0157 e. The van der Waals surface area contributed by atoms with Crippen LogP contribution in [0, 0.1) is 0 Å². The van der Waals surface area contributed by atoms with Gasteiger partial charge in [0.15, 0.2) is 0 Å². The molecule has 2 N–H and O–H groups in total. The molecule has 2 heteroatoms. The molecule has 0 saturated carbocycles. The summed E-state index contributed by atoms with van der Waals surface area (Å²) in [5.41, 5.74) is 6.65. The Kier molecular flexibility index (Phi) is 4.58. The normalized spacial score (nSPS) is 11.7. The van der Waals surface area contributed by atoms with Gasteiger partial charge >= 0.3 is 0 Å². The highest BCUT2D eigenvalue weighted by Gasteiger charge is 1.94. The van der Waals surface area contributed by atoms with Crippen molar-refractivity contribution in [3.63, 3.8) is 0 Å². The highest BCUT2D eigenvalue weighted by Crippen LogP contribution is 2.11. The maximum atomic E-state index is 5.91. The van der Waals surface area contributed by atoms with E-state index in [-0.39, 0.29) is 0 Å². The maximum absolute atomic E-state index is 5.91. The fraction of sp³-hybridized carbons (Fsp3) is 0.273. The zero-order valence-electron chi connectivity index (χ0n) is 7.54. The number of benzene rings is 1. The lowest BCUT2D eigenvalue weighted by molar-refractivity contribution is 0.979. The molecule has 0 heterocycles. The molecule has 0 atom stereocenters. The van der Waals surface area contributed by atoms with Crippen molar-refractivity contribution in [3.05, 3.63) is 47.0 Å². The second kappa shape index (κ2) is 5.79. The molecular weight excluding hydrogens is 182 g/mol. The molecule has 0 spiro atoms. The average molecular weight is 196 g/mol. The van der Waals surface area contributed by atoms with E-state index in [1.165, 1.54) is 5.56 Å². The van der Waals surface area contributed by atoms with E-state index in [2.05, 4.69) is 12.1 Å². The molecular formula is C11H14ClN. The van der Waals surface area contributed by atoms with Crippen LogP contribution >= 0.6 is 11.6 Å². The van der Waals surface area contributed by atoms with Crippen LogP contribution in [-0.2, 0) is 6.42 Å². The predicted octanol–water partition coefficient (Wildman–Crippen LogP) is 2.70. The average Bonchev–Trinajstić information content (AvgIpc) is 2.17. The molecule has 0 unspecified atom stereocenters. The zero-order valence-corrected chi connectivity index (χ0v) is 8.30. The number of halogens is 1. The van der Waals surface area contributed by atoms with Gasteiger partial charge in [0.25, 0.3) is 0 Å². The molecule has 0 fully saturated rings. The van der Waals surface area contributed by atoms with Gasteiger partial charge < -0.3 is 5.73 Å². The number of nitrogens with two attached hydrogens (primary N) is 1. The lowest BCUT2D eigenvalue weighted by atomic mass is 10.1. The molecule has 13 heavy (non-hydrogen) atoms. The molecule has 1 aromatic rings. The molecule has 0 aromatic heterocycles. The summed E-state index contributed by atoms with van der Waals surface area (Å²) >= 11 is 5.91. The van der Waals surface area contributed by atoms with Gasteiger partial charge in [0.05, 0.1) is 0 Å². The van der Waals surface area contributed by atoms with E-state index in [1.807, 2.05) is 24.3 Å². The highest BCUT2D eigenvalue weighted by molar-refractivity contribution is 6.29. The Hall–Kier alpha value is -0.790.